The van der Waals surface area contributed by atoms with Crippen LogP contribution in [0, 0.1) is 5.92 Å². The molecule has 1 atom stereocenters. The number of likely N-dealkylation sites (N-methyl/N-ethyl adjacent to an activating group) is 1. The summed E-state index contributed by atoms with van der Waals surface area (Å²) in [4.78, 5) is 7.18. The van der Waals surface area contributed by atoms with Crippen LogP contribution >= 0.6 is 11.8 Å². The minimum Gasteiger partial charge on any atom is -0.362 e. The topological polar surface area (TPSA) is 27.6 Å². The Morgan fingerprint density at radius 1 is 1.39 bits per heavy atom. The lowest BCUT2D eigenvalue weighted by Crippen LogP contribution is -2.41. The van der Waals surface area contributed by atoms with Crippen molar-refractivity contribution in [2.45, 2.75) is 46.6 Å². The maximum atomic E-state index is 4.71. The van der Waals surface area contributed by atoms with Gasteiger partial charge in [-0.05, 0) is 31.8 Å². The van der Waals surface area contributed by atoms with E-state index in [-0.39, 0.29) is 0 Å². The molecule has 3 nitrogen and oxygen atoms in total. The maximum absolute atomic E-state index is 4.71. The predicted molar refractivity (Wildman–Crippen MR) is 83.5 cm³/mol. The quantitative estimate of drug-likeness (QED) is 0.771. The van der Waals surface area contributed by atoms with E-state index in [1.54, 1.807) is 0 Å². The Kier molecular flexibility index (Phi) is 7.75. The van der Waals surface area contributed by atoms with E-state index in [0.29, 0.717) is 12.0 Å². The Morgan fingerprint density at radius 2 is 2.17 bits per heavy atom. The fourth-order valence-electron chi connectivity index (χ4n) is 2.18. The van der Waals surface area contributed by atoms with Gasteiger partial charge in [0.15, 0.2) is 5.17 Å². The molecule has 4 heteroatoms. The molecular formula is C14H29N3S. The summed E-state index contributed by atoms with van der Waals surface area (Å²) < 4.78 is 0. The molecule has 0 aromatic heterocycles. The summed E-state index contributed by atoms with van der Waals surface area (Å²) in [5.74, 6) is 1.91. The zero-order valence-corrected chi connectivity index (χ0v) is 13.2. The Morgan fingerprint density at radius 3 is 2.78 bits per heavy atom. The molecule has 1 fully saturated rings. The van der Waals surface area contributed by atoms with E-state index in [4.69, 9.17) is 4.99 Å². The van der Waals surface area contributed by atoms with Crippen molar-refractivity contribution in [1.82, 2.24) is 10.2 Å². The lowest BCUT2D eigenvalue weighted by atomic mass is 10.0. The number of nitrogens with zero attached hydrogens (tertiary/aromatic N) is 2. The van der Waals surface area contributed by atoms with Crippen LogP contribution in [0.15, 0.2) is 4.99 Å². The molecule has 106 valence electrons. The minimum absolute atomic E-state index is 0.614. The number of thioether (sulfide) groups is 1. The van der Waals surface area contributed by atoms with E-state index < -0.39 is 0 Å². The van der Waals surface area contributed by atoms with E-state index in [0.717, 1.165) is 24.8 Å². The highest BCUT2D eigenvalue weighted by molar-refractivity contribution is 8.13. The molecule has 1 N–H and O–H groups in total. The fourth-order valence-corrected chi connectivity index (χ4v) is 3.17. The van der Waals surface area contributed by atoms with Crippen LogP contribution in [0.2, 0.25) is 0 Å². The molecule has 0 amide bonds. The first-order valence-corrected chi connectivity index (χ1v) is 8.32. The van der Waals surface area contributed by atoms with Gasteiger partial charge < -0.3 is 10.2 Å². The standard InChI is InChI=1S/C14H29N3S/c1-5-9-17(6-2)10-8-15-14-16-13(12(3)4)7-11-18-14/h12-13H,5-11H2,1-4H3,(H,15,16). The van der Waals surface area contributed by atoms with Crippen molar-refractivity contribution >= 4 is 16.9 Å². The molecule has 1 saturated heterocycles. The first-order valence-electron chi connectivity index (χ1n) is 7.33. The molecule has 18 heavy (non-hydrogen) atoms. The number of hydrogen-bond acceptors (Lipinski definition) is 3. The Balaban J connectivity index is 2.32. The van der Waals surface area contributed by atoms with Crippen molar-refractivity contribution in [2.75, 3.05) is 31.9 Å². The summed E-state index contributed by atoms with van der Waals surface area (Å²) in [6, 6.07) is 0.614. The lowest BCUT2D eigenvalue weighted by Gasteiger charge is -2.28. The van der Waals surface area contributed by atoms with Crippen LogP contribution in [0.5, 0.6) is 0 Å². The monoisotopic (exact) mass is 271 g/mol. The number of nitrogens with one attached hydrogen (secondary N) is 1. The minimum atomic E-state index is 0.614. The van der Waals surface area contributed by atoms with Gasteiger partial charge in [0.1, 0.15) is 0 Å². The maximum Gasteiger partial charge on any atom is 0.156 e. The van der Waals surface area contributed by atoms with E-state index in [9.17, 15) is 0 Å². The van der Waals surface area contributed by atoms with E-state index in [1.165, 1.54) is 25.1 Å². The molecule has 0 spiro atoms. The second-order valence-electron chi connectivity index (χ2n) is 5.25. The largest absolute Gasteiger partial charge is 0.362 e. The van der Waals surface area contributed by atoms with Gasteiger partial charge in [-0.3, -0.25) is 4.99 Å². The molecule has 0 aromatic rings. The zero-order valence-electron chi connectivity index (χ0n) is 12.4. The van der Waals surface area contributed by atoms with E-state index in [1.807, 2.05) is 11.8 Å². The molecular weight excluding hydrogens is 242 g/mol. The zero-order chi connectivity index (χ0) is 13.4. The number of hydrogen-bond donors (Lipinski definition) is 1. The van der Waals surface area contributed by atoms with Crippen LogP contribution in [0.3, 0.4) is 0 Å². The molecule has 0 radical (unpaired) electrons. The third-order valence-electron chi connectivity index (χ3n) is 3.44. The third-order valence-corrected chi connectivity index (χ3v) is 4.40. The summed E-state index contributed by atoms with van der Waals surface area (Å²) in [5.41, 5.74) is 0. The third kappa shape index (κ3) is 5.61. The summed E-state index contributed by atoms with van der Waals surface area (Å²) in [6.45, 7) is 13.4. The van der Waals surface area contributed by atoms with Crippen LogP contribution in [0.1, 0.15) is 40.5 Å². The van der Waals surface area contributed by atoms with E-state index >= 15 is 0 Å². The molecule has 0 saturated carbocycles. The van der Waals surface area contributed by atoms with Crippen LogP contribution < -0.4 is 5.32 Å². The van der Waals surface area contributed by atoms with Gasteiger partial charge in [-0.25, -0.2) is 0 Å². The van der Waals surface area contributed by atoms with Gasteiger partial charge in [-0.1, -0.05) is 39.5 Å². The SMILES string of the molecule is CCCN(CC)CCN=C1NC(C(C)C)CCS1. The van der Waals surface area contributed by atoms with Gasteiger partial charge >= 0.3 is 0 Å². The Bertz CT molecular complexity index is 253. The second kappa shape index (κ2) is 8.81. The van der Waals surface area contributed by atoms with Crippen LogP contribution in [-0.4, -0.2) is 48.0 Å². The van der Waals surface area contributed by atoms with Crippen molar-refractivity contribution in [3.8, 4) is 0 Å². The molecule has 0 aromatic carbocycles. The highest BCUT2D eigenvalue weighted by Gasteiger charge is 2.19. The van der Waals surface area contributed by atoms with Gasteiger partial charge in [-0.15, -0.1) is 0 Å². The summed E-state index contributed by atoms with van der Waals surface area (Å²) in [5, 5.41) is 4.73. The van der Waals surface area contributed by atoms with Gasteiger partial charge in [0.05, 0.1) is 6.54 Å². The molecule has 1 unspecified atom stereocenters. The summed E-state index contributed by atoms with van der Waals surface area (Å²) in [7, 11) is 0. The van der Waals surface area contributed by atoms with Gasteiger partial charge in [0.25, 0.3) is 0 Å². The number of amidine groups is 1. The van der Waals surface area contributed by atoms with Crippen molar-refractivity contribution in [1.29, 1.82) is 0 Å². The second-order valence-corrected chi connectivity index (χ2v) is 6.34. The number of aliphatic imine (C=N–C) groups is 1. The average Bonchev–Trinajstić information content (AvgIpc) is 2.38. The molecule has 1 rings (SSSR count). The molecule has 1 heterocycles. The normalized spacial score (nSPS) is 22.8. The Hall–Kier alpha value is -0.220. The molecule has 0 bridgehead atoms. The van der Waals surface area contributed by atoms with Crippen LogP contribution in [0.4, 0.5) is 0 Å². The molecule has 1 aliphatic rings. The van der Waals surface area contributed by atoms with Crippen LogP contribution in [0.25, 0.3) is 0 Å². The first kappa shape index (κ1) is 15.8. The van der Waals surface area contributed by atoms with Crippen molar-refractivity contribution in [3.05, 3.63) is 0 Å². The van der Waals surface area contributed by atoms with Crippen molar-refractivity contribution in [2.24, 2.45) is 10.9 Å². The highest BCUT2D eigenvalue weighted by atomic mass is 32.2. The van der Waals surface area contributed by atoms with Crippen molar-refractivity contribution in [3.63, 3.8) is 0 Å². The summed E-state index contributed by atoms with van der Waals surface area (Å²) >= 11 is 1.88. The van der Waals surface area contributed by atoms with Gasteiger partial charge in [0.2, 0.25) is 0 Å². The van der Waals surface area contributed by atoms with E-state index in [2.05, 4.69) is 37.9 Å². The average molecular weight is 271 g/mol. The Labute approximate surface area is 117 Å². The van der Waals surface area contributed by atoms with Gasteiger partial charge in [-0.2, -0.15) is 0 Å². The summed E-state index contributed by atoms with van der Waals surface area (Å²) in [6.07, 6.45) is 2.49. The fraction of sp³-hybridized carbons (Fsp3) is 0.929. The van der Waals surface area contributed by atoms with Crippen molar-refractivity contribution < 1.29 is 0 Å². The lowest BCUT2D eigenvalue weighted by molar-refractivity contribution is 0.297. The highest BCUT2D eigenvalue weighted by Crippen LogP contribution is 2.18. The smallest absolute Gasteiger partial charge is 0.156 e. The predicted octanol–water partition coefficient (Wildman–Crippen LogP) is 2.83. The van der Waals surface area contributed by atoms with Gasteiger partial charge in [0, 0.05) is 18.3 Å². The first-order chi connectivity index (χ1) is 8.67. The molecule has 0 aliphatic carbocycles. The molecule has 1 aliphatic heterocycles. The van der Waals surface area contributed by atoms with Crippen LogP contribution in [-0.2, 0) is 0 Å². The number of rotatable bonds is 7.